The number of carbonyl (C=O) groups is 1. The summed E-state index contributed by atoms with van der Waals surface area (Å²) in [6, 6.07) is 7.84. The molecule has 1 fully saturated rings. The van der Waals surface area contributed by atoms with Gasteiger partial charge in [-0.15, -0.1) is 0 Å². The lowest BCUT2D eigenvalue weighted by molar-refractivity contribution is -0.127. The number of likely N-dealkylation sites (tertiary alicyclic amines) is 1. The third-order valence-corrected chi connectivity index (χ3v) is 4.46. The number of amides is 1. The predicted octanol–water partition coefficient (Wildman–Crippen LogP) is 2.06. The maximum atomic E-state index is 12.1. The smallest absolute Gasteiger partial charge is 0.246 e. The fourth-order valence-corrected chi connectivity index (χ4v) is 2.96. The summed E-state index contributed by atoms with van der Waals surface area (Å²) in [5.41, 5.74) is 1.12. The van der Waals surface area contributed by atoms with E-state index in [1.54, 1.807) is 7.11 Å². The van der Waals surface area contributed by atoms with Crippen molar-refractivity contribution in [3.63, 3.8) is 0 Å². The minimum atomic E-state index is -0.0467. The maximum Gasteiger partial charge on any atom is 0.246 e. The molecule has 1 amide bonds. The number of likely N-dealkylation sites (N-methyl/N-ethyl adjacent to an activating group) is 1. The van der Waals surface area contributed by atoms with Crippen LogP contribution in [0.3, 0.4) is 0 Å². The number of hydrogen-bond donors (Lipinski definition) is 1. The standard InChI is InChI=1S/C18H28N2O3/c1-5-20-10-16(18(2,3)13-20)19-17(21)12-23-11-14-6-8-15(22-4)9-7-14/h6-9,16H,5,10-13H2,1-4H3,(H,19,21)/t16-/m0/s1. The van der Waals surface area contributed by atoms with Crippen LogP contribution in [0.2, 0.25) is 0 Å². The van der Waals surface area contributed by atoms with Gasteiger partial charge in [0.05, 0.1) is 13.7 Å². The fourth-order valence-electron chi connectivity index (χ4n) is 2.96. The van der Waals surface area contributed by atoms with Gasteiger partial charge < -0.3 is 19.7 Å². The number of methoxy groups -OCH3 is 1. The van der Waals surface area contributed by atoms with E-state index in [-0.39, 0.29) is 24.0 Å². The molecule has 0 saturated carbocycles. The molecular formula is C18H28N2O3. The van der Waals surface area contributed by atoms with Gasteiger partial charge in [0, 0.05) is 19.1 Å². The third kappa shape index (κ3) is 4.94. The lowest BCUT2D eigenvalue weighted by atomic mass is 9.88. The Kier molecular flexibility index (Phi) is 6.02. The lowest BCUT2D eigenvalue weighted by Crippen LogP contribution is -2.45. The first-order chi connectivity index (χ1) is 10.9. The second-order valence-electron chi connectivity index (χ2n) is 6.78. The van der Waals surface area contributed by atoms with Gasteiger partial charge in [-0.05, 0) is 29.7 Å². The maximum absolute atomic E-state index is 12.1. The van der Waals surface area contributed by atoms with Crippen molar-refractivity contribution < 1.29 is 14.3 Å². The Morgan fingerprint density at radius 1 is 1.35 bits per heavy atom. The summed E-state index contributed by atoms with van der Waals surface area (Å²) < 4.78 is 10.6. The molecule has 1 saturated heterocycles. The third-order valence-electron chi connectivity index (χ3n) is 4.46. The summed E-state index contributed by atoms with van der Waals surface area (Å²) in [6.07, 6.45) is 0. The molecule has 0 aromatic heterocycles. The number of benzene rings is 1. The van der Waals surface area contributed by atoms with E-state index in [1.165, 1.54) is 0 Å². The van der Waals surface area contributed by atoms with Crippen molar-refractivity contribution in [1.29, 1.82) is 0 Å². The van der Waals surface area contributed by atoms with E-state index in [9.17, 15) is 4.79 Å². The molecule has 2 rings (SSSR count). The van der Waals surface area contributed by atoms with Gasteiger partial charge in [-0.3, -0.25) is 4.79 Å². The molecule has 1 aliphatic rings. The summed E-state index contributed by atoms with van der Waals surface area (Å²) in [5, 5.41) is 3.11. The molecule has 0 aliphatic carbocycles. The number of nitrogens with zero attached hydrogens (tertiary/aromatic N) is 1. The van der Waals surface area contributed by atoms with Crippen LogP contribution >= 0.6 is 0 Å². The minimum absolute atomic E-state index is 0.0467. The second kappa shape index (κ2) is 7.79. The highest BCUT2D eigenvalue weighted by Gasteiger charge is 2.39. The predicted molar refractivity (Wildman–Crippen MR) is 90.5 cm³/mol. The first-order valence-electron chi connectivity index (χ1n) is 8.17. The minimum Gasteiger partial charge on any atom is -0.497 e. The summed E-state index contributed by atoms with van der Waals surface area (Å²) in [4.78, 5) is 14.5. The molecule has 5 heteroatoms. The summed E-state index contributed by atoms with van der Waals surface area (Å²) in [7, 11) is 1.64. The number of ether oxygens (including phenoxy) is 2. The molecule has 1 atom stereocenters. The van der Waals surface area contributed by atoms with E-state index in [1.807, 2.05) is 24.3 Å². The SMILES string of the molecule is CCN1C[C@H](NC(=O)COCc2ccc(OC)cc2)C(C)(C)C1. The van der Waals surface area contributed by atoms with Crippen LogP contribution in [-0.2, 0) is 16.1 Å². The average Bonchev–Trinajstić information content (AvgIpc) is 2.82. The van der Waals surface area contributed by atoms with E-state index in [0.29, 0.717) is 6.61 Å². The summed E-state index contributed by atoms with van der Waals surface area (Å²) in [5.74, 6) is 0.768. The molecule has 0 spiro atoms. The molecule has 1 N–H and O–H groups in total. The van der Waals surface area contributed by atoms with E-state index in [0.717, 1.165) is 30.9 Å². The van der Waals surface area contributed by atoms with Crippen molar-refractivity contribution in [2.75, 3.05) is 33.4 Å². The Morgan fingerprint density at radius 3 is 2.61 bits per heavy atom. The van der Waals surface area contributed by atoms with Crippen LogP contribution in [-0.4, -0.2) is 50.2 Å². The molecule has 128 valence electrons. The lowest BCUT2D eigenvalue weighted by Gasteiger charge is -2.26. The Bertz CT molecular complexity index is 514. The molecule has 0 radical (unpaired) electrons. The van der Waals surface area contributed by atoms with E-state index < -0.39 is 0 Å². The topological polar surface area (TPSA) is 50.8 Å². The number of rotatable bonds is 7. The quantitative estimate of drug-likeness (QED) is 0.835. The molecule has 0 unspecified atom stereocenters. The first-order valence-corrected chi connectivity index (χ1v) is 8.17. The highest BCUT2D eigenvalue weighted by molar-refractivity contribution is 5.77. The first kappa shape index (κ1) is 17.8. The average molecular weight is 320 g/mol. The second-order valence-corrected chi connectivity index (χ2v) is 6.78. The normalized spacial score (nSPS) is 20.4. The number of nitrogens with one attached hydrogen (secondary N) is 1. The van der Waals surface area contributed by atoms with Crippen molar-refractivity contribution in [3.8, 4) is 5.75 Å². The van der Waals surface area contributed by atoms with Crippen LogP contribution < -0.4 is 10.1 Å². The molecule has 1 aliphatic heterocycles. The largest absolute Gasteiger partial charge is 0.497 e. The highest BCUT2D eigenvalue weighted by atomic mass is 16.5. The van der Waals surface area contributed by atoms with Crippen LogP contribution in [0.4, 0.5) is 0 Å². The van der Waals surface area contributed by atoms with Crippen LogP contribution in [0.5, 0.6) is 5.75 Å². The van der Waals surface area contributed by atoms with Crippen LogP contribution in [0.25, 0.3) is 0 Å². The summed E-state index contributed by atoms with van der Waals surface area (Å²) in [6.45, 7) is 10.0. The van der Waals surface area contributed by atoms with Gasteiger partial charge in [0.15, 0.2) is 0 Å². The van der Waals surface area contributed by atoms with Gasteiger partial charge in [-0.1, -0.05) is 32.9 Å². The molecule has 23 heavy (non-hydrogen) atoms. The Balaban J connectivity index is 1.74. The van der Waals surface area contributed by atoms with E-state index in [2.05, 4.69) is 31.0 Å². The Hall–Kier alpha value is -1.59. The van der Waals surface area contributed by atoms with Crippen molar-refractivity contribution >= 4 is 5.91 Å². The van der Waals surface area contributed by atoms with Crippen molar-refractivity contribution in [2.24, 2.45) is 5.41 Å². The van der Waals surface area contributed by atoms with Gasteiger partial charge >= 0.3 is 0 Å². The molecule has 1 aromatic rings. The fraction of sp³-hybridized carbons (Fsp3) is 0.611. The zero-order valence-corrected chi connectivity index (χ0v) is 14.6. The Morgan fingerprint density at radius 2 is 2.04 bits per heavy atom. The monoisotopic (exact) mass is 320 g/mol. The number of carbonyl (C=O) groups excluding carboxylic acids is 1. The van der Waals surface area contributed by atoms with Crippen LogP contribution in [0.1, 0.15) is 26.3 Å². The van der Waals surface area contributed by atoms with Crippen molar-refractivity contribution in [2.45, 2.75) is 33.4 Å². The van der Waals surface area contributed by atoms with Crippen molar-refractivity contribution in [3.05, 3.63) is 29.8 Å². The van der Waals surface area contributed by atoms with Crippen LogP contribution in [0.15, 0.2) is 24.3 Å². The number of hydrogen-bond acceptors (Lipinski definition) is 4. The molecule has 5 nitrogen and oxygen atoms in total. The summed E-state index contributed by atoms with van der Waals surface area (Å²) >= 11 is 0. The van der Waals surface area contributed by atoms with Gasteiger partial charge in [0.2, 0.25) is 5.91 Å². The van der Waals surface area contributed by atoms with Crippen LogP contribution in [0, 0.1) is 5.41 Å². The van der Waals surface area contributed by atoms with Gasteiger partial charge in [-0.25, -0.2) is 0 Å². The van der Waals surface area contributed by atoms with Gasteiger partial charge in [0.25, 0.3) is 0 Å². The van der Waals surface area contributed by atoms with Gasteiger partial charge in [-0.2, -0.15) is 0 Å². The Labute approximate surface area is 139 Å². The van der Waals surface area contributed by atoms with Crippen molar-refractivity contribution in [1.82, 2.24) is 10.2 Å². The highest BCUT2D eigenvalue weighted by Crippen LogP contribution is 2.29. The van der Waals surface area contributed by atoms with Gasteiger partial charge in [0.1, 0.15) is 12.4 Å². The van der Waals surface area contributed by atoms with E-state index >= 15 is 0 Å². The zero-order valence-electron chi connectivity index (χ0n) is 14.6. The zero-order chi connectivity index (χ0) is 16.9. The molecule has 1 heterocycles. The molecular weight excluding hydrogens is 292 g/mol. The van der Waals surface area contributed by atoms with E-state index in [4.69, 9.17) is 9.47 Å². The molecule has 1 aromatic carbocycles. The molecule has 0 bridgehead atoms.